The summed E-state index contributed by atoms with van der Waals surface area (Å²) < 4.78 is 1.17. The van der Waals surface area contributed by atoms with E-state index in [4.69, 9.17) is 0 Å². The molecule has 2 atom stereocenters. The van der Waals surface area contributed by atoms with E-state index in [1.165, 1.54) is 15.6 Å². The summed E-state index contributed by atoms with van der Waals surface area (Å²) >= 11 is 3.50. The van der Waals surface area contributed by atoms with Crippen molar-refractivity contribution in [2.45, 2.75) is 67.2 Å². The standard InChI is InChI=1S/C12H17Br.C12H18/c1-9(12(2,3)4)10-6-5-7-11(13)8-10;1-10(12(2,3)4)11-8-6-5-7-9-11/h5-9H,1-4H3;5-10H,1-4H3. The van der Waals surface area contributed by atoms with Gasteiger partial charge in [-0.05, 0) is 45.9 Å². The van der Waals surface area contributed by atoms with Crippen LogP contribution in [-0.2, 0) is 0 Å². The van der Waals surface area contributed by atoms with Gasteiger partial charge in [-0.25, -0.2) is 0 Å². The second-order valence-electron chi connectivity index (χ2n) is 9.14. The highest BCUT2D eigenvalue weighted by molar-refractivity contribution is 9.10. The lowest BCUT2D eigenvalue weighted by atomic mass is 9.78. The molecule has 0 bridgehead atoms. The van der Waals surface area contributed by atoms with E-state index in [0.29, 0.717) is 22.7 Å². The van der Waals surface area contributed by atoms with Crippen LogP contribution in [-0.4, -0.2) is 0 Å². The molecule has 0 nitrogen and oxygen atoms in total. The molecule has 0 amide bonds. The van der Waals surface area contributed by atoms with Gasteiger partial charge in [0.1, 0.15) is 0 Å². The summed E-state index contributed by atoms with van der Waals surface area (Å²) in [6.45, 7) is 18.2. The Kier molecular flexibility index (Phi) is 7.93. The van der Waals surface area contributed by atoms with Crippen molar-refractivity contribution in [2.75, 3.05) is 0 Å². The summed E-state index contributed by atoms with van der Waals surface area (Å²) in [4.78, 5) is 0. The molecule has 0 spiro atoms. The number of halogens is 1. The van der Waals surface area contributed by atoms with Gasteiger partial charge in [0, 0.05) is 4.47 Å². The molecule has 2 aromatic rings. The zero-order valence-electron chi connectivity index (χ0n) is 17.2. The van der Waals surface area contributed by atoms with Crippen molar-refractivity contribution in [3.05, 3.63) is 70.2 Å². The third-order valence-electron chi connectivity index (χ3n) is 5.25. The van der Waals surface area contributed by atoms with Gasteiger partial charge in [-0.1, -0.05) is 114 Å². The first-order chi connectivity index (χ1) is 11.4. The van der Waals surface area contributed by atoms with Crippen molar-refractivity contribution < 1.29 is 0 Å². The van der Waals surface area contributed by atoms with Gasteiger partial charge in [0.2, 0.25) is 0 Å². The van der Waals surface area contributed by atoms with Crippen LogP contribution >= 0.6 is 15.9 Å². The molecule has 0 aliphatic heterocycles. The van der Waals surface area contributed by atoms with Crippen LogP contribution in [0.3, 0.4) is 0 Å². The average molecular weight is 403 g/mol. The van der Waals surface area contributed by atoms with Crippen LogP contribution in [0.4, 0.5) is 0 Å². The fraction of sp³-hybridized carbons (Fsp3) is 0.500. The second-order valence-corrected chi connectivity index (χ2v) is 10.1. The lowest BCUT2D eigenvalue weighted by Gasteiger charge is -2.27. The minimum absolute atomic E-state index is 0.334. The molecule has 0 saturated heterocycles. The molecular formula is C24H35Br. The summed E-state index contributed by atoms with van der Waals surface area (Å²) in [5.41, 5.74) is 3.54. The monoisotopic (exact) mass is 402 g/mol. The van der Waals surface area contributed by atoms with E-state index in [-0.39, 0.29) is 0 Å². The van der Waals surface area contributed by atoms with E-state index in [1.807, 2.05) is 0 Å². The van der Waals surface area contributed by atoms with Gasteiger partial charge in [0.25, 0.3) is 0 Å². The minimum atomic E-state index is 0.334. The smallest absolute Gasteiger partial charge is 0.0178 e. The molecular weight excluding hydrogens is 368 g/mol. The predicted molar refractivity (Wildman–Crippen MR) is 116 cm³/mol. The number of hydrogen-bond donors (Lipinski definition) is 0. The molecule has 0 aliphatic rings. The quantitative estimate of drug-likeness (QED) is 0.472. The van der Waals surface area contributed by atoms with Crippen LogP contribution in [0.25, 0.3) is 0 Å². The van der Waals surface area contributed by atoms with Gasteiger partial charge in [-0.15, -0.1) is 0 Å². The summed E-state index contributed by atoms with van der Waals surface area (Å²) in [7, 11) is 0. The van der Waals surface area contributed by atoms with Gasteiger partial charge >= 0.3 is 0 Å². The topological polar surface area (TPSA) is 0 Å². The number of benzene rings is 2. The highest BCUT2D eigenvalue weighted by Crippen LogP contribution is 2.35. The molecule has 2 rings (SSSR count). The maximum absolute atomic E-state index is 3.50. The number of rotatable bonds is 2. The third kappa shape index (κ3) is 7.36. The van der Waals surface area contributed by atoms with E-state index in [9.17, 15) is 0 Å². The molecule has 25 heavy (non-hydrogen) atoms. The molecule has 1 heteroatoms. The van der Waals surface area contributed by atoms with Gasteiger partial charge in [-0.2, -0.15) is 0 Å². The fourth-order valence-electron chi connectivity index (χ4n) is 2.52. The van der Waals surface area contributed by atoms with Crippen molar-refractivity contribution >= 4 is 15.9 Å². The van der Waals surface area contributed by atoms with Crippen molar-refractivity contribution in [3.8, 4) is 0 Å². The molecule has 2 aromatic carbocycles. The Hall–Kier alpha value is -1.08. The Morgan fingerprint density at radius 3 is 1.52 bits per heavy atom. The molecule has 2 unspecified atom stereocenters. The van der Waals surface area contributed by atoms with E-state index in [0.717, 1.165) is 0 Å². The molecule has 0 N–H and O–H groups in total. The first-order valence-corrected chi connectivity index (χ1v) is 10.0. The van der Waals surface area contributed by atoms with Crippen molar-refractivity contribution in [3.63, 3.8) is 0 Å². The summed E-state index contributed by atoms with van der Waals surface area (Å²) in [6.07, 6.45) is 0. The Labute approximate surface area is 164 Å². The highest BCUT2D eigenvalue weighted by atomic mass is 79.9. The molecule has 0 fully saturated rings. The summed E-state index contributed by atoms with van der Waals surface area (Å²) in [5.74, 6) is 1.21. The van der Waals surface area contributed by atoms with E-state index < -0.39 is 0 Å². The lowest BCUT2D eigenvalue weighted by Crippen LogP contribution is -2.15. The maximum Gasteiger partial charge on any atom is 0.0178 e. The average Bonchev–Trinajstić information content (AvgIpc) is 2.53. The Morgan fingerprint density at radius 1 is 0.640 bits per heavy atom. The fourth-order valence-corrected chi connectivity index (χ4v) is 2.93. The maximum atomic E-state index is 3.50. The first-order valence-electron chi connectivity index (χ1n) is 9.23. The van der Waals surface area contributed by atoms with Crippen LogP contribution < -0.4 is 0 Å². The molecule has 0 saturated carbocycles. The zero-order valence-corrected chi connectivity index (χ0v) is 18.8. The molecule has 0 heterocycles. The third-order valence-corrected chi connectivity index (χ3v) is 5.74. The molecule has 0 aromatic heterocycles. The van der Waals surface area contributed by atoms with Crippen LogP contribution in [0.2, 0.25) is 0 Å². The SMILES string of the molecule is CC(c1cccc(Br)c1)C(C)(C)C.CC(c1ccccc1)C(C)(C)C. The predicted octanol–water partition coefficient (Wildman–Crippen LogP) is 8.43. The van der Waals surface area contributed by atoms with Crippen molar-refractivity contribution in [1.82, 2.24) is 0 Å². The van der Waals surface area contributed by atoms with E-state index in [2.05, 4.69) is 126 Å². The van der Waals surface area contributed by atoms with Crippen LogP contribution in [0, 0.1) is 10.8 Å². The highest BCUT2D eigenvalue weighted by Gasteiger charge is 2.21. The number of hydrogen-bond acceptors (Lipinski definition) is 0. The van der Waals surface area contributed by atoms with Crippen molar-refractivity contribution in [2.24, 2.45) is 10.8 Å². The molecule has 138 valence electrons. The largest absolute Gasteiger partial charge is 0.0622 e. The van der Waals surface area contributed by atoms with Gasteiger partial charge in [-0.3, -0.25) is 0 Å². The Bertz CT molecular complexity index is 629. The van der Waals surface area contributed by atoms with Gasteiger partial charge in [0.05, 0.1) is 0 Å². The Morgan fingerprint density at radius 2 is 1.08 bits per heavy atom. The minimum Gasteiger partial charge on any atom is -0.0622 e. The van der Waals surface area contributed by atoms with Gasteiger partial charge < -0.3 is 0 Å². The molecule has 0 radical (unpaired) electrons. The van der Waals surface area contributed by atoms with Gasteiger partial charge in [0.15, 0.2) is 0 Å². The van der Waals surface area contributed by atoms with E-state index in [1.54, 1.807) is 0 Å². The normalized spacial score (nSPS) is 14.3. The Balaban J connectivity index is 0.000000251. The summed E-state index contributed by atoms with van der Waals surface area (Å²) in [6, 6.07) is 19.3. The van der Waals surface area contributed by atoms with Crippen LogP contribution in [0.15, 0.2) is 59.1 Å². The lowest BCUT2D eigenvalue weighted by molar-refractivity contribution is 0.339. The molecule has 0 aliphatic carbocycles. The van der Waals surface area contributed by atoms with Crippen LogP contribution in [0.5, 0.6) is 0 Å². The first kappa shape index (κ1) is 22.0. The summed E-state index contributed by atoms with van der Waals surface area (Å²) in [5, 5.41) is 0. The second kappa shape index (κ2) is 9.03. The van der Waals surface area contributed by atoms with E-state index >= 15 is 0 Å². The van der Waals surface area contributed by atoms with Crippen molar-refractivity contribution in [1.29, 1.82) is 0 Å². The van der Waals surface area contributed by atoms with Crippen LogP contribution in [0.1, 0.15) is 78.4 Å². The zero-order chi connectivity index (χ0) is 19.3.